The lowest BCUT2D eigenvalue weighted by atomic mass is 9.74. The first-order valence-corrected chi connectivity index (χ1v) is 17.7. The van der Waals surface area contributed by atoms with Gasteiger partial charge in [0.2, 0.25) is 5.91 Å². The molecule has 2 saturated heterocycles. The van der Waals surface area contributed by atoms with Gasteiger partial charge in [-0.15, -0.1) is 0 Å². The number of nitrogens with two attached hydrogens (primary N) is 1. The molecule has 2 amide bonds. The molecule has 3 heterocycles. The molecule has 1 saturated carbocycles. The molecule has 0 radical (unpaired) electrons. The van der Waals surface area contributed by atoms with Crippen molar-refractivity contribution in [2.75, 3.05) is 58.2 Å². The van der Waals surface area contributed by atoms with Crippen LogP contribution in [0.2, 0.25) is 10.0 Å². The summed E-state index contributed by atoms with van der Waals surface area (Å²) >= 11 is 12.5. The van der Waals surface area contributed by atoms with E-state index in [0.29, 0.717) is 56.6 Å². The van der Waals surface area contributed by atoms with E-state index in [9.17, 15) is 14.4 Å². The van der Waals surface area contributed by atoms with Crippen molar-refractivity contribution in [3.8, 4) is 11.5 Å². The molecule has 7 rings (SSSR count). The summed E-state index contributed by atoms with van der Waals surface area (Å²) in [7, 11) is 1.57. The second-order valence-electron chi connectivity index (χ2n) is 13.4. The second-order valence-corrected chi connectivity index (χ2v) is 14.3. The van der Waals surface area contributed by atoms with E-state index < -0.39 is 5.60 Å². The van der Waals surface area contributed by atoms with E-state index in [1.165, 1.54) is 0 Å². The normalized spacial score (nSPS) is 23.4. The van der Waals surface area contributed by atoms with Gasteiger partial charge in [0.1, 0.15) is 5.60 Å². The molecule has 262 valence electrons. The van der Waals surface area contributed by atoms with Crippen molar-refractivity contribution < 1.29 is 23.9 Å². The average molecular weight is 720 g/mol. The minimum atomic E-state index is -0.556. The molecular weight excluding hydrogens is 679 g/mol. The standard InChI is InChI=1S/C37H40Cl2N6O5/c1-49-32-16-28-31(41-20-24-5-4-10-45(24)36(28)48)17-33(32)50-37(22-40)18-25(19-37)44-13-11-43(12-14-44)21-34(46)42-30-9-8-23(38)15-27(30)35(47)26-6-2-3-7-29(26)39/h2-3,6-9,15-17,20,24-25H,4-5,10-14,18-19,21-22,40H2,1H3,(H,42,46)/t24-,25?,37?/m0/s1. The van der Waals surface area contributed by atoms with Gasteiger partial charge < -0.3 is 25.4 Å². The Hall–Kier alpha value is -4.00. The maximum Gasteiger partial charge on any atom is 0.256 e. The third-order valence-electron chi connectivity index (χ3n) is 10.3. The van der Waals surface area contributed by atoms with Gasteiger partial charge in [0.05, 0.1) is 41.7 Å². The predicted molar refractivity (Wildman–Crippen MR) is 194 cm³/mol. The highest BCUT2D eigenvalue weighted by molar-refractivity contribution is 6.36. The van der Waals surface area contributed by atoms with E-state index in [-0.39, 0.29) is 35.7 Å². The van der Waals surface area contributed by atoms with Crippen LogP contribution in [0.5, 0.6) is 11.5 Å². The molecule has 13 heteroatoms. The summed E-state index contributed by atoms with van der Waals surface area (Å²) in [6, 6.07) is 15.5. The average Bonchev–Trinajstić information content (AvgIpc) is 3.54. The number of nitrogens with one attached hydrogen (secondary N) is 1. The molecule has 50 heavy (non-hydrogen) atoms. The number of rotatable bonds is 10. The van der Waals surface area contributed by atoms with Crippen LogP contribution in [-0.4, -0.2) is 109 Å². The summed E-state index contributed by atoms with van der Waals surface area (Å²) in [6.45, 7) is 4.29. The summed E-state index contributed by atoms with van der Waals surface area (Å²) in [6.07, 6.45) is 5.26. The van der Waals surface area contributed by atoms with Gasteiger partial charge in [-0.1, -0.05) is 35.3 Å². The lowest BCUT2D eigenvalue weighted by Crippen LogP contribution is -2.64. The lowest BCUT2D eigenvalue weighted by Gasteiger charge is -2.52. The largest absolute Gasteiger partial charge is 0.493 e. The molecule has 1 aliphatic carbocycles. The topological polar surface area (TPSA) is 130 Å². The molecule has 1 atom stereocenters. The fourth-order valence-corrected chi connectivity index (χ4v) is 7.85. The Bertz CT molecular complexity index is 1840. The van der Waals surface area contributed by atoms with Gasteiger partial charge in [0.15, 0.2) is 17.3 Å². The number of nitrogens with zero attached hydrogens (tertiary/aromatic N) is 4. The van der Waals surface area contributed by atoms with Crippen molar-refractivity contribution in [3.63, 3.8) is 0 Å². The Morgan fingerprint density at radius 1 is 1.00 bits per heavy atom. The number of halogens is 2. The van der Waals surface area contributed by atoms with E-state index in [2.05, 4.69) is 20.1 Å². The number of anilines is 1. The first-order chi connectivity index (χ1) is 24.2. The van der Waals surface area contributed by atoms with Crippen LogP contribution in [0.25, 0.3) is 0 Å². The highest BCUT2D eigenvalue weighted by Crippen LogP contribution is 2.45. The molecule has 0 aromatic heterocycles. The molecule has 3 N–H and O–H groups in total. The smallest absolute Gasteiger partial charge is 0.256 e. The van der Waals surface area contributed by atoms with Crippen LogP contribution >= 0.6 is 23.2 Å². The number of carbonyl (C=O) groups excluding carboxylic acids is 3. The number of carbonyl (C=O) groups is 3. The Morgan fingerprint density at radius 3 is 2.52 bits per heavy atom. The van der Waals surface area contributed by atoms with E-state index in [1.807, 2.05) is 11.1 Å². The molecule has 4 aliphatic rings. The Morgan fingerprint density at radius 2 is 1.78 bits per heavy atom. The van der Waals surface area contributed by atoms with Gasteiger partial charge in [0.25, 0.3) is 5.91 Å². The SMILES string of the molecule is COc1cc2c(cc1OC1(CN)CC(N3CCN(CC(=O)Nc4ccc(Cl)cc4C(=O)c4ccccc4Cl)CC3)C1)N=C[C@@H]1CCCN1C2=O. The quantitative estimate of drug-likeness (QED) is 0.279. The van der Waals surface area contributed by atoms with E-state index in [4.69, 9.17) is 38.4 Å². The van der Waals surface area contributed by atoms with Crippen molar-refractivity contribution in [2.45, 2.75) is 43.4 Å². The van der Waals surface area contributed by atoms with Crippen LogP contribution in [0.1, 0.15) is 52.0 Å². The van der Waals surface area contributed by atoms with Crippen LogP contribution < -0.4 is 20.5 Å². The van der Waals surface area contributed by atoms with Crippen molar-refractivity contribution >= 4 is 58.4 Å². The molecule has 0 unspecified atom stereocenters. The highest BCUT2D eigenvalue weighted by atomic mass is 35.5. The molecule has 0 bridgehead atoms. The van der Waals surface area contributed by atoms with Crippen molar-refractivity contribution in [3.05, 3.63) is 81.3 Å². The fraction of sp³-hybridized carbons (Fsp3) is 0.405. The molecule has 3 aromatic carbocycles. The molecular formula is C37H40Cl2N6O5. The fourth-order valence-electron chi connectivity index (χ4n) is 7.45. The number of hydrogen-bond donors (Lipinski definition) is 2. The van der Waals surface area contributed by atoms with E-state index >= 15 is 0 Å². The van der Waals surface area contributed by atoms with Gasteiger partial charge in [-0.05, 0) is 49.2 Å². The van der Waals surface area contributed by atoms with Gasteiger partial charge >= 0.3 is 0 Å². The van der Waals surface area contributed by atoms with Crippen LogP contribution in [0.3, 0.4) is 0 Å². The Kier molecular flexibility index (Phi) is 9.87. The molecule has 3 aromatic rings. The Labute approximate surface area is 301 Å². The van der Waals surface area contributed by atoms with Crippen molar-refractivity contribution in [2.24, 2.45) is 10.7 Å². The van der Waals surface area contributed by atoms with Gasteiger partial charge in [-0.2, -0.15) is 0 Å². The minimum absolute atomic E-state index is 0.0231. The second kappa shape index (κ2) is 14.3. The lowest BCUT2D eigenvalue weighted by molar-refractivity contribution is -0.118. The van der Waals surface area contributed by atoms with Gasteiger partial charge in [0, 0.05) is 86.6 Å². The number of benzene rings is 3. The van der Waals surface area contributed by atoms with Gasteiger partial charge in [-0.3, -0.25) is 29.2 Å². The number of methoxy groups -OCH3 is 1. The third-order valence-corrected chi connectivity index (χ3v) is 10.8. The van der Waals surface area contributed by atoms with E-state index in [1.54, 1.807) is 61.7 Å². The van der Waals surface area contributed by atoms with Crippen LogP contribution in [0.4, 0.5) is 11.4 Å². The molecule has 0 spiro atoms. The number of aliphatic imine (C=N–C) groups is 1. The van der Waals surface area contributed by atoms with Gasteiger partial charge in [-0.25, -0.2) is 0 Å². The van der Waals surface area contributed by atoms with Crippen molar-refractivity contribution in [1.29, 1.82) is 0 Å². The Balaban J connectivity index is 0.939. The summed E-state index contributed by atoms with van der Waals surface area (Å²) < 4.78 is 12.3. The summed E-state index contributed by atoms with van der Waals surface area (Å²) in [4.78, 5) is 50.8. The first kappa shape index (κ1) is 34.4. The monoisotopic (exact) mass is 718 g/mol. The third kappa shape index (κ3) is 6.85. The molecule has 11 nitrogen and oxygen atoms in total. The number of hydrogen-bond acceptors (Lipinski definition) is 9. The number of piperazine rings is 1. The number of ether oxygens (including phenoxy) is 2. The highest BCUT2D eigenvalue weighted by Gasteiger charge is 2.49. The predicted octanol–water partition coefficient (Wildman–Crippen LogP) is 5.05. The first-order valence-electron chi connectivity index (χ1n) is 17.0. The summed E-state index contributed by atoms with van der Waals surface area (Å²) in [5, 5.41) is 3.63. The zero-order valence-electron chi connectivity index (χ0n) is 27.9. The molecule has 3 fully saturated rings. The number of ketones is 1. The number of amides is 2. The maximum atomic E-state index is 13.3. The number of fused-ring (bicyclic) bond motifs is 2. The summed E-state index contributed by atoms with van der Waals surface area (Å²) in [5.74, 6) is 0.471. The zero-order chi connectivity index (χ0) is 35.0. The van der Waals surface area contributed by atoms with E-state index in [0.717, 1.165) is 58.4 Å². The zero-order valence-corrected chi connectivity index (χ0v) is 29.4. The van der Waals surface area contributed by atoms with Crippen LogP contribution in [-0.2, 0) is 4.79 Å². The summed E-state index contributed by atoms with van der Waals surface area (Å²) in [5.41, 5.74) is 7.86. The maximum absolute atomic E-state index is 13.3. The molecule has 3 aliphatic heterocycles. The minimum Gasteiger partial charge on any atom is -0.493 e. The van der Waals surface area contributed by atoms with Crippen LogP contribution in [0, 0.1) is 0 Å². The van der Waals surface area contributed by atoms with Crippen LogP contribution in [0.15, 0.2) is 59.6 Å². The van der Waals surface area contributed by atoms with Crippen molar-refractivity contribution in [1.82, 2.24) is 14.7 Å².